The van der Waals surface area contributed by atoms with E-state index in [0.717, 1.165) is 22.8 Å². The molecular formula is C17H19ClN2OS. The topological polar surface area (TPSA) is 42.0 Å². The monoisotopic (exact) mass is 334 g/mol. The molecule has 22 heavy (non-hydrogen) atoms. The Morgan fingerprint density at radius 3 is 2.73 bits per heavy atom. The summed E-state index contributed by atoms with van der Waals surface area (Å²) in [5.41, 5.74) is 2.23. The van der Waals surface area contributed by atoms with Crippen molar-refractivity contribution in [1.82, 2.24) is 10.3 Å². The van der Waals surface area contributed by atoms with Gasteiger partial charge in [0.2, 0.25) is 5.91 Å². The third kappa shape index (κ3) is 5.70. The molecule has 0 aliphatic carbocycles. The van der Waals surface area contributed by atoms with Gasteiger partial charge in [-0.3, -0.25) is 9.78 Å². The van der Waals surface area contributed by atoms with E-state index in [1.807, 2.05) is 43.3 Å². The number of benzene rings is 1. The van der Waals surface area contributed by atoms with Crippen LogP contribution >= 0.6 is 23.4 Å². The first-order valence-electron chi connectivity index (χ1n) is 7.14. The molecule has 0 radical (unpaired) electrons. The Morgan fingerprint density at radius 2 is 2.00 bits per heavy atom. The lowest BCUT2D eigenvalue weighted by atomic mass is 10.1. The molecule has 1 N–H and O–H groups in total. The van der Waals surface area contributed by atoms with Crippen molar-refractivity contribution in [2.45, 2.75) is 25.1 Å². The molecular weight excluding hydrogens is 316 g/mol. The van der Waals surface area contributed by atoms with Gasteiger partial charge in [0.15, 0.2) is 0 Å². The van der Waals surface area contributed by atoms with Gasteiger partial charge in [-0.1, -0.05) is 29.8 Å². The number of rotatable bonds is 7. The van der Waals surface area contributed by atoms with Gasteiger partial charge in [-0.2, -0.15) is 0 Å². The molecule has 1 atom stereocenters. The minimum Gasteiger partial charge on any atom is -0.353 e. The highest BCUT2D eigenvalue weighted by Gasteiger charge is 2.09. The van der Waals surface area contributed by atoms with Crippen LogP contribution in [0.5, 0.6) is 0 Å². The molecule has 0 unspecified atom stereocenters. The maximum Gasteiger partial charge on any atom is 0.230 e. The maximum absolute atomic E-state index is 11.9. The fraction of sp³-hybridized carbons (Fsp3) is 0.294. The highest BCUT2D eigenvalue weighted by molar-refractivity contribution is 7.99. The summed E-state index contributed by atoms with van der Waals surface area (Å²) in [6, 6.07) is 11.8. The summed E-state index contributed by atoms with van der Waals surface area (Å²) in [5, 5.41) is 3.77. The lowest BCUT2D eigenvalue weighted by Gasteiger charge is -2.13. The number of thioether (sulfide) groups is 1. The number of nitrogens with zero attached hydrogens (tertiary/aromatic N) is 1. The van der Waals surface area contributed by atoms with E-state index >= 15 is 0 Å². The van der Waals surface area contributed by atoms with Crippen LogP contribution in [0.3, 0.4) is 0 Å². The van der Waals surface area contributed by atoms with Gasteiger partial charge in [-0.15, -0.1) is 11.8 Å². The van der Waals surface area contributed by atoms with Crippen LogP contribution in [0.2, 0.25) is 5.02 Å². The maximum atomic E-state index is 11.9. The Kier molecular flexibility index (Phi) is 6.74. The van der Waals surface area contributed by atoms with Gasteiger partial charge in [-0.25, -0.2) is 0 Å². The number of halogens is 1. The lowest BCUT2D eigenvalue weighted by Crippen LogP contribution is -2.35. The van der Waals surface area contributed by atoms with Crippen molar-refractivity contribution in [3.05, 3.63) is 64.9 Å². The molecule has 0 saturated heterocycles. The summed E-state index contributed by atoms with van der Waals surface area (Å²) in [4.78, 5) is 15.9. The van der Waals surface area contributed by atoms with Crippen LogP contribution in [0.25, 0.3) is 0 Å². The van der Waals surface area contributed by atoms with E-state index in [0.29, 0.717) is 5.75 Å². The Bertz CT molecular complexity index is 607. The summed E-state index contributed by atoms with van der Waals surface area (Å²) >= 11 is 7.67. The Labute approximate surface area is 140 Å². The van der Waals surface area contributed by atoms with E-state index in [-0.39, 0.29) is 11.9 Å². The molecule has 0 spiro atoms. The van der Waals surface area contributed by atoms with Gasteiger partial charge >= 0.3 is 0 Å². The zero-order valence-electron chi connectivity index (χ0n) is 12.5. The molecule has 3 nitrogen and oxygen atoms in total. The Balaban J connectivity index is 1.70. The first kappa shape index (κ1) is 16.8. The lowest BCUT2D eigenvalue weighted by molar-refractivity contribution is -0.119. The molecule has 1 aromatic carbocycles. The van der Waals surface area contributed by atoms with Gasteiger partial charge in [0, 0.05) is 29.2 Å². The SMILES string of the molecule is C[C@H](Cc1ccncc1)NC(=O)CSCc1ccccc1Cl. The summed E-state index contributed by atoms with van der Waals surface area (Å²) in [6.07, 6.45) is 4.34. The molecule has 0 fully saturated rings. The van der Waals surface area contributed by atoms with Crippen LogP contribution in [0.1, 0.15) is 18.1 Å². The van der Waals surface area contributed by atoms with Crippen LogP contribution in [0, 0.1) is 0 Å². The van der Waals surface area contributed by atoms with Gasteiger partial charge < -0.3 is 5.32 Å². The number of carbonyl (C=O) groups excluding carboxylic acids is 1. The van der Waals surface area contributed by atoms with Gasteiger partial charge in [0.1, 0.15) is 0 Å². The van der Waals surface area contributed by atoms with Crippen molar-refractivity contribution >= 4 is 29.3 Å². The van der Waals surface area contributed by atoms with Gasteiger partial charge in [0.05, 0.1) is 5.75 Å². The van der Waals surface area contributed by atoms with Crippen molar-refractivity contribution < 1.29 is 4.79 Å². The molecule has 1 amide bonds. The normalized spacial score (nSPS) is 11.9. The summed E-state index contributed by atoms with van der Waals surface area (Å²) < 4.78 is 0. The average Bonchev–Trinajstić information content (AvgIpc) is 2.50. The molecule has 0 saturated carbocycles. The molecule has 1 heterocycles. The fourth-order valence-corrected chi connectivity index (χ4v) is 3.23. The average molecular weight is 335 g/mol. The third-order valence-electron chi connectivity index (χ3n) is 3.15. The Hall–Kier alpha value is -1.52. The fourth-order valence-electron chi connectivity index (χ4n) is 2.11. The van der Waals surface area contributed by atoms with E-state index in [9.17, 15) is 4.79 Å². The predicted octanol–water partition coefficient (Wildman–Crippen LogP) is 3.72. The van der Waals surface area contributed by atoms with Crippen molar-refractivity contribution in [1.29, 1.82) is 0 Å². The molecule has 2 aromatic rings. The number of amides is 1. The molecule has 1 aromatic heterocycles. The number of aromatic nitrogens is 1. The molecule has 5 heteroatoms. The second-order valence-corrected chi connectivity index (χ2v) is 6.51. The van der Waals surface area contributed by atoms with Crippen LogP contribution in [-0.2, 0) is 17.0 Å². The van der Waals surface area contributed by atoms with Gasteiger partial charge in [-0.05, 0) is 42.7 Å². The summed E-state index contributed by atoms with van der Waals surface area (Å²) in [5.74, 6) is 1.23. The number of nitrogens with one attached hydrogen (secondary N) is 1. The minimum absolute atomic E-state index is 0.0543. The Morgan fingerprint density at radius 1 is 1.27 bits per heavy atom. The van der Waals surface area contributed by atoms with Crippen molar-refractivity contribution in [3.8, 4) is 0 Å². The molecule has 2 rings (SSSR count). The van der Waals surface area contributed by atoms with Crippen LogP contribution in [0.4, 0.5) is 0 Å². The quantitative estimate of drug-likeness (QED) is 0.839. The summed E-state index contributed by atoms with van der Waals surface area (Å²) in [7, 11) is 0. The number of pyridine rings is 1. The zero-order chi connectivity index (χ0) is 15.8. The van der Waals surface area contributed by atoms with Crippen LogP contribution in [-0.4, -0.2) is 22.7 Å². The highest BCUT2D eigenvalue weighted by atomic mass is 35.5. The first-order valence-corrected chi connectivity index (χ1v) is 8.68. The number of hydrogen-bond donors (Lipinski definition) is 1. The van der Waals surface area contributed by atoms with Crippen molar-refractivity contribution in [2.75, 3.05) is 5.75 Å². The van der Waals surface area contributed by atoms with Crippen molar-refractivity contribution in [3.63, 3.8) is 0 Å². The van der Waals surface area contributed by atoms with Gasteiger partial charge in [0.25, 0.3) is 0 Å². The van der Waals surface area contributed by atoms with E-state index in [4.69, 9.17) is 11.6 Å². The zero-order valence-corrected chi connectivity index (χ0v) is 14.0. The number of hydrogen-bond acceptors (Lipinski definition) is 3. The van der Waals surface area contributed by atoms with E-state index in [2.05, 4.69) is 10.3 Å². The molecule has 116 valence electrons. The van der Waals surface area contributed by atoms with Crippen LogP contribution in [0.15, 0.2) is 48.8 Å². The number of carbonyl (C=O) groups is 1. The largest absolute Gasteiger partial charge is 0.353 e. The summed E-state index contributed by atoms with van der Waals surface area (Å²) in [6.45, 7) is 2.01. The first-order chi connectivity index (χ1) is 10.6. The molecule has 0 aliphatic heterocycles. The highest BCUT2D eigenvalue weighted by Crippen LogP contribution is 2.20. The second-order valence-electron chi connectivity index (χ2n) is 5.11. The minimum atomic E-state index is 0.0543. The predicted molar refractivity (Wildman–Crippen MR) is 93.2 cm³/mol. The molecule has 0 bridgehead atoms. The van der Waals surface area contributed by atoms with Crippen LogP contribution < -0.4 is 5.32 Å². The second kappa shape index (κ2) is 8.81. The molecule has 0 aliphatic rings. The van der Waals surface area contributed by atoms with E-state index in [1.165, 1.54) is 5.56 Å². The smallest absolute Gasteiger partial charge is 0.230 e. The standard InChI is InChI=1S/C17H19ClN2OS/c1-13(10-14-6-8-19-9-7-14)20-17(21)12-22-11-15-4-2-3-5-16(15)18/h2-9,13H,10-12H2,1H3,(H,20,21)/t13-/m1/s1. The van der Waals surface area contributed by atoms with E-state index in [1.54, 1.807) is 24.2 Å². The van der Waals surface area contributed by atoms with Crippen molar-refractivity contribution in [2.24, 2.45) is 0 Å². The van der Waals surface area contributed by atoms with E-state index < -0.39 is 0 Å². The third-order valence-corrected chi connectivity index (χ3v) is 4.50.